The van der Waals surface area contributed by atoms with Crippen LogP contribution in [0.3, 0.4) is 0 Å². The SMILES string of the molecule is CCOC(=O)c1[nH]c2cc[c]cc2c1C. The van der Waals surface area contributed by atoms with Gasteiger partial charge in [-0.25, -0.2) is 4.79 Å². The van der Waals surface area contributed by atoms with Crippen LogP contribution in [0.25, 0.3) is 10.9 Å². The summed E-state index contributed by atoms with van der Waals surface area (Å²) < 4.78 is 4.96. The van der Waals surface area contributed by atoms with Crippen LogP contribution in [0.15, 0.2) is 18.2 Å². The van der Waals surface area contributed by atoms with Gasteiger partial charge in [0.2, 0.25) is 0 Å². The van der Waals surface area contributed by atoms with Gasteiger partial charge in [-0.1, -0.05) is 6.07 Å². The molecular formula is C12H12NO2. The van der Waals surface area contributed by atoms with Crippen LogP contribution in [-0.4, -0.2) is 17.6 Å². The van der Waals surface area contributed by atoms with Crippen molar-refractivity contribution in [3.8, 4) is 0 Å². The maximum atomic E-state index is 11.6. The molecule has 1 heterocycles. The third-order valence-corrected chi connectivity index (χ3v) is 2.38. The van der Waals surface area contributed by atoms with Gasteiger partial charge < -0.3 is 9.72 Å². The smallest absolute Gasteiger partial charge is 0.355 e. The zero-order chi connectivity index (χ0) is 10.8. The summed E-state index contributed by atoms with van der Waals surface area (Å²) in [7, 11) is 0. The number of carbonyl (C=O) groups is 1. The Kier molecular flexibility index (Phi) is 2.46. The number of ether oxygens (including phenoxy) is 1. The largest absolute Gasteiger partial charge is 0.461 e. The maximum Gasteiger partial charge on any atom is 0.355 e. The van der Waals surface area contributed by atoms with Gasteiger partial charge in [0.15, 0.2) is 0 Å². The highest BCUT2D eigenvalue weighted by Crippen LogP contribution is 2.21. The van der Waals surface area contributed by atoms with Crippen LogP contribution < -0.4 is 0 Å². The molecule has 2 aromatic rings. The average molecular weight is 202 g/mol. The molecule has 77 valence electrons. The Hall–Kier alpha value is -1.77. The highest BCUT2D eigenvalue weighted by molar-refractivity contribution is 5.97. The summed E-state index contributed by atoms with van der Waals surface area (Å²) in [6.45, 7) is 4.09. The first-order chi connectivity index (χ1) is 7.24. The van der Waals surface area contributed by atoms with Gasteiger partial charge in [0.05, 0.1) is 6.61 Å². The van der Waals surface area contributed by atoms with Gasteiger partial charge in [-0.05, 0) is 37.6 Å². The van der Waals surface area contributed by atoms with Crippen LogP contribution in [0.5, 0.6) is 0 Å². The average Bonchev–Trinajstić information content (AvgIpc) is 2.57. The summed E-state index contributed by atoms with van der Waals surface area (Å²) in [5.74, 6) is -0.300. The first-order valence-electron chi connectivity index (χ1n) is 4.89. The number of fused-ring (bicyclic) bond motifs is 1. The van der Waals surface area contributed by atoms with Crippen LogP contribution in [0.4, 0.5) is 0 Å². The van der Waals surface area contributed by atoms with Crippen molar-refractivity contribution < 1.29 is 9.53 Å². The third-order valence-electron chi connectivity index (χ3n) is 2.38. The highest BCUT2D eigenvalue weighted by atomic mass is 16.5. The second-order valence-corrected chi connectivity index (χ2v) is 3.32. The molecule has 0 aliphatic carbocycles. The van der Waals surface area contributed by atoms with Crippen molar-refractivity contribution in [2.45, 2.75) is 13.8 Å². The van der Waals surface area contributed by atoms with E-state index in [2.05, 4.69) is 11.1 Å². The summed E-state index contributed by atoms with van der Waals surface area (Å²) in [5, 5.41) is 1.01. The molecule has 3 nitrogen and oxygen atoms in total. The van der Waals surface area contributed by atoms with Crippen LogP contribution >= 0.6 is 0 Å². The van der Waals surface area contributed by atoms with E-state index in [0.717, 1.165) is 16.5 Å². The number of nitrogens with one attached hydrogen (secondary N) is 1. The van der Waals surface area contributed by atoms with Gasteiger partial charge in [-0.15, -0.1) is 0 Å². The highest BCUT2D eigenvalue weighted by Gasteiger charge is 2.14. The lowest BCUT2D eigenvalue weighted by Gasteiger charge is -1.99. The van der Waals surface area contributed by atoms with Crippen molar-refractivity contribution in [3.05, 3.63) is 35.5 Å². The van der Waals surface area contributed by atoms with E-state index in [4.69, 9.17) is 4.74 Å². The Labute approximate surface area is 88.1 Å². The second-order valence-electron chi connectivity index (χ2n) is 3.32. The number of esters is 1. The van der Waals surface area contributed by atoms with Crippen LogP contribution in [0, 0.1) is 13.0 Å². The van der Waals surface area contributed by atoms with Gasteiger partial charge in [-0.3, -0.25) is 0 Å². The van der Waals surface area contributed by atoms with E-state index >= 15 is 0 Å². The minimum absolute atomic E-state index is 0.300. The van der Waals surface area contributed by atoms with Crippen LogP contribution in [-0.2, 0) is 4.74 Å². The van der Waals surface area contributed by atoms with E-state index in [-0.39, 0.29) is 5.97 Å². The summed E-state index contributed by atoms with van der Waals surface area (Å²) in [6.07, 6.45) is 0. The number of rotatable bonds is 2. The molecule has 1 aromatic carbocycles. The Morgan fingerprint density at radius 1 is 1.60 bits per heavy atom. The van der Waals surface area contributed by atoms with Gasteiger partial charge in [-0.2, -0.15) is 0 Å². The molecule has 0 saturated carbocycles. The number of hydrogen-bond donors (Lipinski definition) is 1. The number of benzene rings is 1. The molecular weight excluding hydrogens is 190 g/mol. The summed E-state index contributed by atoms with van der Waals surface area (Å²) in [6, 6.07) is 8.56. The molecule has 3 heteroatoms. The number of hydrogen-bond acceptors (Lipinski definition) is 2. The van der Waals surface area contributed by atoms with Crippen molar-refractivity contribution in [2.75, 3.05) is 6.61 Å². The van der Waals surface area contributed by atoms with Gasteiger partial charge in [0.1, 0.15) is 5.69 Å². The van der Waals surface area contributed by atoms with E-state index in [9.17, 15) is 4.79 Å². The second kappa shape index (κ2) is 3.77. The molecule has 0 unspecified atom stereocenters. The fourth-order valence-corrected chi connectivity index (χ4v) is 1.62. The predicted octanol–water partition coefficient (Wildman–Crippen LogP) is 2.45. The molecule has 2 rings (SSSR count). The molecule has 0 bridgehead atoms. The van der Waals surface area contributed by atoms with Gasteiger partial charge in [0.25, 0.3) is 0 Å². The van der Waals surface area contributed by atoms with Crippen molar-refractivity contribution >= 4 is 16.9 Å². The van der Waals surface area contributed by atoms with Crippen molar-refractivity contribution in [1.82, 2.24) is 4.98 Å². The number of aryl methyl sites for hydroxylation is 1. The lowest BCUT2D eigenvalue weighted by atomic mass is 10.1. The van der Waals surface area contributed by atoms with Gasteiger partial charge in [0, 0.05) is 10.9 Å². The number of H-pyrrole nitrogens is 1. The zero-order valence-electron chi connectivity index (χ0n) is 8.76. The lowest BCUT2D eigenvalue weighted by Crippen LogP contribution is -2.06. The van der Waals surface area contributed by atoms with E-state index in [1.807, 2.05) is 25.1 Å². The normalized spacial score (nSPS) is 10.5. The topological polar surface area (TPSA) is 42.1 Å². The van der Waals surface area contributed by atoms with Crippen molar-refractivity contribution in [1.29, 1.82) is 0 Å². The van der Waals surface area contributed by atoms with E-state index < -0.39 is 0 Å². The third kappa shape index (κ3) is 1.61. The molecule has 1 aromatic heterocycles. The minimum Gasteiger partial charge on any atom is -0.461 e. The predicted molar refractivity (Wildman–Crippen MR) is 57.8 cm³/mol. The first-order valence-corrected chi connectivity index (χ1v) is 4.89. The molecule has 0 fully saturated rings. The van der Waals surface area contributed by atoms with E-state index in [1.165, 1.54) is 0 Å². The maximum absolute atomic E-state index is 11.6. The Morgan fingerprint density at radius 2 is 2.40 bits per heavy atom. The zero-order valence-corrected chi connectivity index (χ0v) is 8.76. The Morgan fingerprint density at radius 3 is 3.07 bits per heavy atom. The fourth-order valence-electron chi connectivity index (χ4n) is 1.62. The molecule has 1 N–H and O–H groups in total. The molecule has 0 amide bonds. The van der Waals surface area contributed by atoms with E-state index in [1.54, 1.807) is 6.92 Å². The minimum atomic E-state index is -0.300. The monoisotopic (exact) mass is 202 g/mol. The number of carbonyl (C=O) groups excluding carboxylic acids is 1. The Bertz CT molecular complexity index is 499. The van der Waals surface area contributed by atoms with Crippen molar-refractivity contribution in [3.63, 3.8) is 0 Å². The summed E-state index contributed by atoms with van der Waals surface area (Å²) in [5.41, 5.74) is 2.39. The molecule has 0 spiro atoms. The standard InChI is InChI=1S/C12H12NO2/c1-3-15-12(14)11-8(2)9-6-4-5-7-10(9)13-11/h5-7,13H,3H2,1-2H3. The lowest BCUT2D eigenvalue weighted by molar-refractivity contribution is 0.0520. The molecule has 0 atom stereocenters. The van der Waals surface area contributed by atoms with Crippen molar-refractivity contribution in [2.24, 2.45) is 0 Å². The first kappa shape index (κ1) is 9.77. The molecule has 0 aliphatic rings. The molecule has 0 aliphatic heterocycles. The Balaban J connectivity index is 2.53. The van der Waals surface area contributed by atoms with Gasteiger partial charge >= 0.3 is 5.97 Å². The summed E-state index contributed by atoms with van der Waals surface area (Å²) >= 11 is 0. The molecule has 0 saturated heterocycles. The fraction of sp³-hybridized carbons (Fsp3) is 0.250. The number of aromatic amines is 1. The molecule has 1 radical (unpaired) electrons. The summed E-state index contributed by atoms with van der Waals surface area (Å²) in [4.78, 5) is 14.6. The van der Waals surface area contributed by atoms with Crippen LogP contribution in [0.2, 0.25) is 0 Å². The quantitative estimate of drug-likeness (QED) is 0.760. The van der Waals surface area contributed by atoms with E-state index in [0.29, 0.717) is 12.3 Å². The molecule has 15 heavy (non-hydrogen) atoms. The number of aromatic nitrogens is 1. The van der Waals surface area contributed by atoms with Crippen LogP contribution in [0.1, 0.15) is 23.0 Å².